The van der Waals surface area contributed by atoms with E-state index >= 15 is 0 Å². The number of hydrogen-bond acceptors (Lipinski definition) is 3. The van der Waals surface area contributed by atoms with Gasteiger partial charge in [-0.25, -0.2) is 0 Å². The molecule has 90 valence electrons. The Morgan fingerprint density at radius 2 is 1.88 bits per heavy atom. The second-order valence-corrected chi connectivity index (χ2v) is 5.29. The number of hydrogen-bond donors (Lipinski definition) is 2. The van der Waals surface area contributed by atoms with E-state index in [2.05, 4.69) is 26.1 Å². The quantitative estimate of drug-likeness (QED) is 0.772. The maximum absolute atomic E-state index is 5.85. The number of benzene rings is 1. The van der Waals surface area contributed by atoms with E-state index < -0.39 is 0 Å². The summed E-state index contributed by atoms with van der Waals surface area (Å²) in [4.78, 5) is 0. The average molecular weight is 222 g/mol. The summed E-state index contributed by atoms with van der Waals surface area (Å²) in [6.07, 6.45) is 0.132. The Morgan fingerprint density at radius 1 is 1.25 bits per heavy atom. The summed E-state index contributed by atoms with van der Waals surface area (Å²) < 4.78 is 5.64. The summed E-state index contributed by atoms with van der Waals surface area (Å²) in [5.41, 5.74) is 7.58. The van der Waals surface area contributed by atoms with Crippen molar-refractivity contribution in [2.24, 2.45) is 0 Å². The third-order valence-electron chi connectivity index (χ3n) is 1.90. The van der Waals surface area contributed by atoms with Gasteiger partial charge in [0.15, 0.2) is 0 Å². The average Bonchev–Trinajstić information content (AvgIpc) is 2.07. The summed E-state index contributed by atoms with van der Waals surface area (Å²) >= 11 is 0. The van der Waals surface area contributed by atoms with Gasteiger partial charge in [0.05, 0.1) is 11.8 Å². The number of ether oxygens (including phenoxy) is 1. The van der Waals surface area contributed by atoms with Gasteiger partial charge in [0.25, 0.3) is 0 Å². The Kier molecular flexibility index (Phi) is 3.68. The van der Waals surface area contributed by atoms with Crippen molar-refractivity contribution in [2.45, 2.75) is 46.3 Å². The van der Waals surface area contributed by atoms with Crippen LogP contribution in [0.2, 0.25) is 0 Å². The van der Waals surface area contributed by atoms with E-state index in [0.29, 0.717) is 5.69 Å². The third-order valence-corrected chi connectivity index (χ3v) is 1.90. The molecule has 0 heterocycles. The van der Waals surface area contributed by atoms with Crippen LogP contribution in [0.4, 0.5) is 11.4 Å². The van der Waals surface area contributed by atoms with Gasteiger partial charge in [0, 0.05) is 17.3 Å². The van der Waals surface area contributed by atoms with Crippen LogP contribution in [0.1, 0.15) is 34.6 Å². The molecule has 0 amide bonds. The Hall–Kier alpha value is -1.38. The normalized spacial score (nSPS) is 11.6. The molecule has 0 spiro atoms. The third kappa shape index (κ3) is 4.01. The molecule has 0 aliphatic carbocycles. The first kappa shape index (κ1) is 12.7. The minimum atomic E-state index is 0.0330. The molecule has 1 aromatic carbocycles. The van der Waals surface area contributed by atoms with Crippen molar-refractivity contribution < 1.29 is 4.74 Å². The van der Waals surface area contributed by atoms with Crippen LogP contribution in [-0.4, -0.2) is 11.6 Å². The predicted octanol–water partition coefficient (Wildman–Crippen LogP) is 3.27. The maximum Gasteiger partial charge on any atom is 0.144 e. The van der Waals surface area contributed by atoms with Crippen LogP contribution in [0.5, 0.6) is 5.75 Å². The van der Waals surface area contributed by atoms with Crippen LogP contribution in [0.25, 0.3) is 0 Å². The van der Waals surface area contributed by atoms with E-state index in [4.69, 9.17) is 10.5 Å². The minimum Gasteiger partial charge on any atom is -0.489 e. The molecule has 0 aliphatic heterocycles. The van der Waals surface area contributed by atoms with E-state index in [0.717, 1.165) is 11.4 Å². The van der Waals surface area contributed by atoms with Crippen molar-refractivity contribution >= 4 is 11.4 Å². The van der Waals surface area contributed by atoms with E-state index in [-0.39, 0.29) is 11.6 Å². The first-order chi connectivity index (χ1) is 7.28. The highest BCUT2D eigenvalue weighted by Gasteiger charge is 2.11. The minimum absolute atomic E-state index is 0.0330. The van der Waals surface area contributed by atoms with Crippen molar-refractivity contribution in [3.05, 3.63) is 18.2 Å². The largest absolute Gasteiger partial charge is 0.489 e. The van der Waals surface area contributed by atoms with E-state index in [1.54, 1.807) is 0 Å². The smallest absolute Gasteiger partial charge is 0.144 e. The van der Waals surface area contributed by atoms with Crippen molar-refractivity contribution in [2.75, 3.05) is 11.1 Å². The fourth-order valence-electron chi connectivity index (χ4n) is 1.40. The molecule has 0 saturated carbocycles. The maximum atomic E-state index is 5.85. The zero-order valence-electron chi connectivity index (χ0n) is 10.8. The molecule has 0 bridgehead atoms. The lowest BCUT2D eigenvalue weighted by atomic mass is 10.1. The molecular weight excluding hydrogens is 200 g/mol. The van der Waals surface area contributed by atoms with Gasteiger partial charge < -0.3 is 15.8 Å². The molecule has 0 atom stereocenters. The van der Waals surface area contributed by atoms with Crippen molar-refractivity contribution in [1.82, 2.24) is 0 Å². The summed E-state index contributed by atoms with van der Waals surface area (Å²) in [5.74, 6) is 0.740. The molecule has 0 aromatic heterocycles. The van der Waals surface area contributed by atoms with Gasteiger partial charge in [0.1, 0.15) is 5.75 Å². The first-order valence-electron chi connectivity index (χ1n) is 5.62. The van der Waals surface area contributed by atoms with Gasteiger partial charge in [-0.05, 0) is 46.8 Å². The molecule has 16 heavy (non-hydrogen) atoms. The molecule has 0 unspecified atom stereocenters. The second-order valence-electron chi connectivity index (χ2n) is 5.29. The molecule has 1 aromatic rings. The van der Waals surface area contributed by atoms with Crippen molar-refractivity contribution in [1.29, 1.82) is 0 Å². The molecule has 3 N–H and O–H groups in total. The fraction of sp³-hybridized carbons (Fsp3) is 0.538. The summed E-state index contributed by atoms with van der Waals surface area (Å²) in [6, 6.07) is 5.78. The molecular formula is C13H22N2O. The Bertz CT molecular complexity index is 353. The number of anilines is 2. The van der Waals surface area contributed by atoms with Crippen molar-refractivity contribution in [3.63, 3.8) is 0 Å². The van der Waals surface area contributed by atoms with Crippen LogP contribution in [0.3, 0.4) is 0 Å². The molecule has 1 rings (SSSR count). The van der Waals surface area contributed by atoms with E-state index in [9.17, 15) is 0 Å². The summed E-state index contributed by atoms with van der Waals surface area (Å²) in [7, 11) is 0. The highest BCUT2D eigenvalue weighted by molar-refractivity contribution is 5.61. The van der Waals surface area contributed by atoms with Gasteiger partial charge in [-0.1, -0.05) is 0 Å². The lowest BCUT2D eigenvalue weighted by Crippen LogP contribution is -2.26. The molecule has 0 saturated heterocycles. The molecule has 0 fully saturated rings. The summed E-state index contributed by atoms with van der Waals surface area (Å²) in [5, 5.41) is 3.39. The zero-order chi connectivity index (χ0) is 12.3. The van der Waals surface area contributed by atoms with Crippen LogP contribution in [0, 0.1) is 0 Å². The number of nitrogens with one attached hydrogen (secondary N) is 1. The lowest BCUT2D eigenvalue weighted by Gasteiger charge is -2.23. The lowest BCUT2D eigenvalue weighted by molar-refractivity contribution is 0.244. The number of nitrogen functional groups attached to an aromatic ring is 1. The highest BCUT2D eigenvalue weighted by atomic mass is 16.5. The molecule has 0 radical (unpaired) electrons. The standard InChI is InChI=1S/C13H22N2O/c1-9(2)16-12-8-10(6-7-11(12)14)15-13(3,4)5/h6-9,15H,14H2,1-5H3. The van der Waals surface area contributed by atoms with Crippen LogP contribution in [0.15, 0.2) is 18.2 Å². The topological polar surface area (TPSA) is 47.3 Å². The van der Waals surface area contributed by atoms with Crippen molar-refractivity contribution in [3.8, 4) is 5.75 Å². The Labute approximate surface area is 98.0 Å². The van der Waals surface area contributed by atoms with Gasteiger partial charge in [-0.15, -0.1) is 0 Å². The Morgan fingerprint density at radius 3 is 2.38 bits per heavy atom. The van der Waals surface area contributed by atoms with Gasteiger partial charge in [0.2, 0.25) is 0 Å². The molecule has 3 heteroatoms. The molecule has 0 aliphatic rings. The second kappa shape index (κ2) is 4.64. The zero-order valence-corrected chi connectivity index (χ0v) is 10.8. The van der Waals surface area contributed by atoms with Crippen LogP contribution in [-0.2, 0) is 0 Å². The summed E-state index contributed by atoms with van der Waals surface area (Å²) in [6.45, 7) is 10.3. The van der Waals surface area contributed by atoms with Gasteiger partial charge >= 0.3 is 0 Å². The molecule has 3 nitrogen and oxygen atoms in total. The van der Waals surface area contributed by atoms with Crippen LogP contribution >= 0.6 is 0 Å². The Balaban J connectivity index is 2.89. The highest BCUT2D eigenvalue weighted by Crippen LogP contribution is 2.27. The number of rotatable bonds is 3. The number of nitrogens with two attached hydrogens (primary N) is 1. The SMILES string of the molecule is CC(C)Oc1cc(NC(C)(C)C)ccc1N. The monoisotopic (exact) mass is 222 g/mol. The fourth-order valence-corrected chi connectivity index (χ4v) is 1.40. The van der Waals surface area contributed by atoms with E-state index in [1.807, 2.05) is 32.0 Å². The predicted molar refractivity (Wildman–Crippen MR) is 70.0 cm³/mol. The van der Waals surface area contributed by atoms with Gasteiger partial charge in [-0.3, -0.25) is 0 Å². The van der Waals surface area contributed by atoms with E-state index in [1.165, 1.54) is 0 Å². The first-order valence-corrected chi connectivity index (χ1v) is 5.62. The van der Waals surface area contributed by atoms with Crippen LogP contribution < -0.4 is 15.8 Å². The van der Waals surface area contributed by atoms with Gasteiger partial charge in [-0.2, -0.15) is 0 Å².